The summed E-state index contributed by atoms with van der Waals surface area (Å²) >= 11 is 0. The number of aromatic nitrogens is 4. The van der Waals surface area contributed by atoms with E-state index in [0.29, 0.717) is 0 Å². The molecular weight excluding hydrogens is 290 g/mol. The number of hydrogen-bond donors (Lipinski definition) is 4. The molecule has 4 heterocycles. The lowest BCUT2D eigenvalue weighted by Crippen LogP contribution is -2.58. The molecule has 5 N–H and O–H groups in total. The van der Waals surface area contributed by atoms with E-state index in [1.165, 1.54) is 6.33 Å². The van der Waals surface area contributed by atoms with Crippen molar-refractivity contribution < 1.29 is 0 Å². The molecule has 1 aliphatic rings. The SMILES string of the molecule is N[C@]1(Nc2ccnc3[nH]cc(-c4cncnc4)c23)CCCNC1. The van der Waals surface area contributed by atoms with Crippen LogP contribution in [0.1, 0.15) is 12.8 Å². The Balaban J connectivity index is 1.79. The van der Waals surface area contributed by atoms with Crippen LogP contribution in [0.2, 0.25) is 0 Å². The monoisotopic (exact) mass is 309 g/mol. The molecule has 1 saturated heterocycles. The largest absolute Gasteiger partial charge is 0.366 e. The summed E-state index contributed by atoms with van der Waals surface area (Å²) in [5.74, 6) is 0. The van der Waals surface area contributed by atoms with Gasteiger partial charge in [-0.05, 0) is 25.5 Å². The van der Waals surface area contributed by atoms with Crippen molar-refractivity contribution in [3.05, 3.63) is 37.2 Å². The molecule has 3 aromatic heterocycles. The van der Waals surface area contributed by atoms with Crippen LogP contribution >= 0.6 is 0 Å². The predicted octanol–water partition coefficient (Wildman–Crippen LogP) is 1.47. The molecule has 4 rings (SSSR count). The summed E-state index contributed by atoms with van der Waals surface area (Å²) in [5, 5.41) is 7.88. The third-order valence-corrected chi connectivity index (χ3v) is 4.25. The van der Waals surface area contributed by atoms with Crippen molar-refractivity contribution in [1.29, 1.82) is 0 Å². The number of anilines is 1. The highest BCUT2D eigenvalue weighted by Crippen LogP contribution is 2.33. The minimum absolute atomic E-state index is 0.450. The molecule has 1 aliphatic heterocycles. The molecule has 23 heavy (non-hydrogen) atoms. The Bertz CT molecular complexity index is 806. The van der Waals surface area contributed by atoms with Crippen LogP contribution in [0.3, 0.4) is 0 Å². The van der Waals surface area contributed by atoms with E-state index in [0.717, 1.165) is 53.8 Å². The van der Waals surface area contributed by atoms with Gasteiger partial charge in [0.05, 0.1) is 5.66 Å². The number of nitrogens with one attached hydrogen (secondary N) is 3. The van der Waals surface area contributed by atoms with Crippen molar-refractivity contribution in [2.24, 2.45) is 5.73 Å². The van der Waals surface area contributed by atoms with Gasteiger partial charge in [0, 0.05) is 53.5 Å². The van der Waals surface area contributed by atoms with E-state index in [-0.39, 0.29) is 0 Å². The Morgan fingerprint density at radius 2 is 2.13 bits per heavy atom. The highest BCUT2D eigenvalue weighted by molar-refractivity contribution is 6.02. The van der Waals surface area contributed by atoms with Gasteiger partial charge in [0.2, 0.25) is 0 Å². The van der Waals surface area contributed by atoms with Crippen LogP contribution in [0.15, 0.2) is 37.2 Å². The van der Waals surface area contributed by atoms with Crippen LogP contribution < -0.4 is 16.4 Å². The average Bonchev–Trinajstić information content (AvgIpc) is 3.01. The zero-order valence-corrected chi connectivity index (χ0v) is 12.7. The quantitative estimate of drug-likeness (QED) is 0.546. The van der Waals surface area contributed by atoms with Gasteiger partial charge in [-0.15, -0.1) is 0 Å². The molecule has 0 aromatic carbocycles. The molecule has 0 amide bonds. The first-order valence-electron chi connectivity index (χ1n) is 7.74. The van der Waals surface area contributed by atoms with Gasteiger partial charge < -0.3 is 21.4 Å². The Kier molecular flexibility index (Phi) is 3.44. The third-order valence-electron chi connectivity index (χ3n) is 4.25. The lowest BCUT2D eigenvalue weighted by atomic mass is 9.99. The molecule has 0 radical (unpaired) electrons. The van der Waals surface area contributed by atoms with Crippen LogP contribution in [0.5, 0.6) is 0 Å². The fourth-order valence-electron chi connectivity index (χ4n) is 3.13. The lowest BCUT2D eigenvalue weighted by molar-refractivity contribution is 0.352. The Labute approximate surface area is 133 Å². The van der Waals surface area contributed by atoms with Gasteiger partial charge in [-0.25, -0.2) is 15.0 Å². The number of nitrogens with two attached hydrogens (primary N) is 1. The fraction of sp³-hybridized carbons (Fsp3) is 0.312. The van der Waals surface area contributed by atoms with Crippen LogP contribution in [0.25, 0.3) is 22.2 Å². The molecule has 0 spiro atoms. The van der Waals surface area contributed by atoms with Gasteiger partial charge in [-0.1, -0.05) is 0 Å². The zero-order valence-electron chi connectivity index (χ0n) is 12.7. The number of fused-ring (bicyclic) bond motifs is 1. The van der Waals surface area contributed by atoms with E-state index in [9.17, 15) is 0 Å². The summed E-state index contributed by atoms with van der Waals surface area (Å²) in [6, 6.07) is 1.96. The number of nitrogens with zero attached hydrogens (tertiary/aromatic N) is 3. The number of aromatic amines is 1. The second-order valence-corrected chi connectivity index (χ2v) is 5.97. The summed E-state index contributed by atoms with van der Waals surface area (Å²) in [4.78, 5) is 15.8. The molecule has 0 aliphatic carbocycles. The molecule has 7 nitrogen and oxygen atoms in total. The van der Waals surface area contributed by atoms with E-state index >= 15 is 0 Å². The smallest absolute Gasteiger partial charge is 0.139 e. The van der Waals surface area contributed by atoms with E-state index in [1.807, 2.05) is 12.3 Å². The second kappa shape index (κ2) is 5.60. The van der Waals surface area contributed by atoms with Crippen molar-refractivity contribution in [2.75, 3.05) is 18.4 Å². The normalized spacial score (nSPS) is 21.4. The molecular formula is C16H19N7. The Morgan fingerprint density at radius 3 is 2.91 bits per heavy atom. The minimum atomic E-state index is -0.450. The first-order valence-corrected chi connectivity index (χ1v) is 7.74. The highest BCUT2D eigenvalue weighted by atomic mass is 15.2. The number of hydrogen-bond acceptors (Lipinski definition) is 6. The van der Waals surface area contributed by atoms with Crippen molar-refractivity contribution in [2.45, 2.75) is 18.5 Å². The van der Waals surface area contributed by atoms with Crippen molar-refractivity contribution in [3.8, 4) is 11.1 Å². The first kappa shape index (κ1) is 14.1. The van der Waals surface area contributed by atoms with Crippen molar-refractivity contribution >= 4 is 16.7 Å². The summed E-state index contributed by atoms with van der Waals surface area (Å²) in [5.41, 5.74) is 9.82. The maximum atomic E-state index is 6.51. The molecule has 0 bridgehead atoms. The summed E-state index contributed by atoms with van der Waals surface area (Å²) in [6.07, 6.45) is 10.8. The third kappa shape index (κ3) is 2.64. The molecule has 1 atom stereocenters. The van der Waals surface area contributed by atoms with Gasteiger partial charge in [-0.3, -0.25) is 0 Å². The highest BCUT2D eigenvalue weighted by Gasteiger charge is 2.28. The van der Waals surface area contributed by atoms with Gasteiger partial charge in [0.15, 0.2) is 0 Å². The van der Waals surface area contributed by atoms with E-state index in [1.54, 1.807) is 18.6 Å². The van der Waals surface area contributed by atoms with Crippen molar-refractivity contribution in [1.82, 2.24) is 25.3 Å². The topological polar surface area (TPSA) is 105 Å². The number of piperidine rings is 1. The van der Waals surface area contributed by atoms with E-state index in [4.69, 9.17) is 5.73 Å². The van der Waals surface area contributed by atoms with E-state index < -0.39 is 5.66 Å². The standard InChI is InChI=1S/C16H19N7/c17-16(3-1-4-18-9-16)23-13-2-5-21-15-14(13)12(8-22-15)11-6-19-10-20-7-11/h2,5-8,10,18H,1,3-4,9,17H2,(H2,21,22,23)/t16-/m0/s1. The zero-order chi connectivity index (χ0) is 15.7. The van der Waals surface area contributed by atoms with Crippen LogP contribution in [0, 0.1) is 0 Å². The van der Waals surface area contributed by atoms with Gasteiger partial charge in [0.25, 0.3) is 0 Å². The fourth-order valence-corrected chi connectivity index (χ4v) is 3.13. The molecule has 0 saturated carbocycles. The van der Waals surface area contributed by atoms with E-state index in [2.05, 4.69) is 30.6 Å². The van der Waals surface area contributed by atoms with Crippen LogP contribution in [0.4, 0.5) is 5.69 Å². The average molecular weight is 309 g/mol. The number of rotatable bonds is 3. The maximum absolute atomic E-state index is 6.51. The number of pyridine rings is 1. The molecule has 0 unspecified atom stereocenters. The number of H-pyrrole nitrogens is 1. The Hall–Kier alpha value is -2.51. The molecule has 118 valence electrons. The van der Waals surface area contributed by atoms with Crippen molar-refractivity contribution in [3.63, 3.8) is 0 Å². The summed E-state index contributed by atoms with van der Waals surface area (Å²) < 4.78 is 0. The lowest BCUT2D eigenvalue weighted by Gasteiger charge is -2.36. The van der Waals surface area contributed by atoms with Gasteiger partial charge >= 0.3 is 0 Å². The van der Waals surface area contributed by atoms with Crippen LogP contribution in [-0.2, 0) is 0 Å². The molecule has 1 fully saturated rings. The maximum Gasteiger partial charge on any atom is 0.139 e. The second-order valence-electron chi connectivity index (χ2n) is 5.97. The first-order chi connectivity index (χ1) is 11.3. The van der Waals surface area contributed by atoms with Gasteiger partial charge in [-0.2, -0.15) is 0 Å². The summed E-state index contributed by atoms with van der Waals surface area (Å²) in [7, 11) is 0. The predicted molar refractivity (Wildman–Crippen MR) is 89.8 cm³/mol. The minimum Gasteiger partial charge on any atom is -0.366 e. The Morgan fingerprint density at radius 1 is 1.26 bits per heavy atom. The van der Waals surface area contributed by atoms with Gasteiger partial charge in [0.1, 0.15) is 12.0 Å². The molecule has 7 heteroatoms. The van der Waals surface area contributed by atoms with Crippen LogP contribution in [-0.4, -0.2) is 38.7 Å². The molecule has 3 aromatic rings. The summed E-state index contributed by atoms with van der Waals surface area (Å²) in [6.45, 7) is 1.76.